The van der Waals surface area contributed by atoms with Gasteiger partial charge in [0.1, 0.15) is 11.6 Å². The molecule has 1 fully saturated rings. The van der Waals surface area contributed by atoms with E-state index in [1.807, 2.05) is 55.8 Å². The van der Waals surface area contributed by atoms with E-state index in [0.717, 1.165) is 32.3 Å². The van der Waals surface area contributed by atoms with Crippen molar-refractivity contribution < 1.29 is 17.9 Å². The first-order chi connectivity index (χ1) is 15.3. The Balaban J connectivity index is 1.34. The minimum Gasteiger partial charge on any atom is -0.459 e. The highest BCUT2D eigenvalue weighted by Gasteiger charge is 2.34. The summed E-state index contributed by atoms with van der Waals surface area (Å²) < 4.78 is 33.5. The maximum Gasteiger partial charge on any atom is 0.309 e. The Labute approximate surface area is 196 Å². The van der Waals surface area contributed by atoms with E-state index in [0.29, 0.717) is 30.8 Å². The number of aryl methyl sites for hydroxylation is 3. The fraction of sp³-hybridized carbons (Fsp3) is 0.391. The van der Waals surface area contributed by atoms with E-state index in [-0.39, 0.29) is 18.5 Å². The van der Waals surface area contributed by atoms with Crippen LogP contribution in [0.15, 0.2) is 39.9 Å². The molecule has 170 valence electrons. The van der Waals surface area contributed by atoms with E-state index in [4.69, 9.17) is 4.74 Å². The first-order valence-electron chi connectivity index (χ1n) is 10.5. The number of carbonyl (C=O) groups excluding carboxylic acids is 1. The molecule has 0 spiro atoms. The molecular formula is C23H26N2O4S3. The first kappa shape index (κ1) is 23.1. The smallest absolute Gasteiger partial charge is 0.309 e. The van der Waals surface area contributed by atoms with Crippen LogP contribution in [0.4, 0.5) is 0 Å². The van der Waals surface area contributed by atoms with Crippen molar-refractivity contribution in [1.29, 1.82) is 0 Å². The van der Waals surface area contributed by atoms with Crippen LogP contribution >= 0.6 is 22.7 Å². The van der Waals surface area contributed by atoms with Gasteiger partial charge in [0.25, 0.3) is 0 Å². The molecule has 1 aliphatic rings. The van der Waals surface area contributed by atoms with E-state index in [9.17, 15) is 13.2 Å². The zero-order valence-corrected chi connectivity index (χ0v) is 20.8. The van der Waals surface area contributed by atoms with Crippen LogP contribution in [-0.2, 0) is 26.2 Å². The fourth-order valence-corrected chi connectivity index (χ4v) is 7.68. The molecule has 1 saturated heterocycles. The molecule has 0 atom stereocenters. The molecule has 1 aliphatic heterocycles. The number of nitrogens with zero attached hydrogens (tertiary/aromatic N) is 2. The average molecular weight is 491 g/mol. The number of benzene rings is 1. The maximum absolute atomic E-state index is 13.2. The van der Waals surface area contributed by atoms with Crippen molar-refractivity contribution in [2.24, 2.45) is 5.92 Å². The van der Waals surface area contributed by atoms with Crippen molar-refractivity contribution in [2.75, 3.05) is 13.1 Å². The van der Waals surface area contributed by atoms with E-state index in [2.05, 4.69) is 4.98 Å². The predicted octanol–water partition coefficient (Wildman–Crippen LogP) is 4.94. The van der Waals surface area contributed by atoms with Crippen molar-refractivity contribution in [3.8, 4) is 9.88 Å². The number of thiazole rings is 1. The van der Waals surface area contributed by atoms with Gasteiger partial charge < -0.3 is 4.74 Å². The van der Waals surface area contributed by atoms with Crippen LogP contribution in [0.2, 0.25) is 0 Å². The highest BCUT2D eigenvalue weighted by molar-refractivity contribution is 7.89. The molecule has 4 rings (SSSR count). The molecule has 0 N–H and O–H groups in total. The van der Waals surface area contributed by atoms with Gasteiger partial charge in [-0.2, -0.15) is 4.31 Å². The number of piperidine rings is 1. The number of aromatic nitrogens is 1. The number of ether oxygens (including phenoxy) is 1. The van der Waals surface area contributed by atoms with Crippen LogP contribution in [0, 0.1) is 26.7 Å². The Hall–Kier alpha value is -2.07. The third-order valence-electron chi connectivity index (χ3n) is 5.64. The van der Waals surface area contributed by atoms with Crippen molar-refractivity contribution in [1.82, 2.24) is 9.29 Å². The maximum atomic E-state index is 13.2. The Morgan fingerprint density at radius 3 is 2.47 bits per heavy atom. The number of sulfonamides is 1. The number of thiophene rings is 1. The lowest BCUT2D eigenvalue weighted by molar-refractivity contribution is -0.151. The first-order valence-corrected chi connectivity index (χ1v) is 13.7. The van der Waals surface area contributed by atoms with Crippen LogP contribution in [0.3, 0.4) is 0 Å². The van der Waals surface area contributed by atoms with Gasteiger partial charge in [-0.3, -0.25) is 4.79 Å². The Morgan fingerprint density at radius 1 is 1.16 bits per heavy atom. The van der Waals surface area contributed by atoms with Crippen molar-refractivity contribution >= 4 is 38.7 Å². The second-order valence-electron chi connectivity index (χ2n) is 8.14. The zero-order valence-electron chi connectivity index (χ0n) is 18.3. The molecule has 2 aromatic heterocycles. The van der Waals surface area contributed by atoms with E-state index in [1.54, 1.807) is 11.3 Å². The molecule has 0 amide bonds. The standard InChI is InChI=1S/C23H26N2O4S3/c1-15-11-16(2)21(17(3)12-15)32(27,28)25-8-6-18(7-9-25)23(26)29-13-19-14-31-22(24-19)20-5-4-10-30-20/h4-5,10-12,14,18H,6-9,13H2,1-3H3. The molecule has 32 heavy (non-hydrogen) atoms. The molecule has 0 saturated carbocycles. The second-order valence-corrected chi connectivity index (χ2v) is 11.8. The van der Waals surface area contributed by atoms with Crippen LogP contribution < -0.4 is 0 Å². The van der Waals surface area contributed by atoms with E-state index in [1.165, 1.54) is 15.6 Å². The van der Waals surface area contributed by atoms with Gasteiger partial charge >= 0.3 is 5.97 Å². The Morgan fingerprint density at radius 2 is 1.84 bits per heavy atom. The molecule has 0 radical (unpaired) electrons. The summed E-state index contributed by atoms with van der Waals surface area (Å²) in [6.07, 6.45) is 0.916. The molecular weight excluding hydrogens is 464 g/mol. The lowest BCUT2D eigenvalue weighted by atomic mass is 9.98. The summed E-state index contributed by atoms with van der Waals surface area (Å²) in [6, 6.07) is 7.79. The topological polar surface area (TPSA) is 76.6 Å². The van der Waals surface area contributed by atoms with Crippen molar-refractivity contribution in [3.63, 3.8) is 0 Å². The van der Waals surface area contributed by atoms with Crippen molar-refractivity contribution in [3.05, 3.63) is 57.4 Å². The lowest BCUT2D eigenvalue weighted by Crippen LogP contribution is -2.41. The van der Waals surface area contributed by atoms with Crippen molar-refractivity contribution in [2.45, 2.75) is 45.1 Å². The van der Waals surface area contributed by atoms with Crippen LogP contribution in [0.5, 0.6) is 0 Å². The summed E-state index contributed by atoms with van der Waals surface area (Å²) in [7, 11) is -3.59. The second kappa shape index (κ2) is 9.43. The third kappa shape index (κ3) is 4.80. The molecule has 0 unspecified atom stereocenters. The summed E-state index contributed by atoms with van der Waals surface area (Å²) in [5.41, 5.74) is 3.29. The minimum atomic E-state index is -3.59. The molecule has 1 aromatic carbocycles. The van der Waals surface area contributed by atoms with Gasteiger partial charge in [-0.15, -0.1) is 22.7 Å². The SMILES string of the molecule is Cc1cc(C)c(S(=O)(=O)N2CCC(C(=O)OCc3csc(-c4cccs4)n3)CC2)c(C)c1. The predicted molar refractivity (Wildman–Crippen MR) is 127 cm³/mol. The lowest BCUT2D eigenvalue weighted by Gasteiger charge is -2.31. The Kier molecular flexibility index (Phi) is 6.80. The number of rotatable bonds is 6. The van der Waals surface area contributed by atoms with Gasteiger partial charge in [0.05, 0.1) is 21.4 Å². The Bertz CT molecular complexity index is 1180. The van der Waals surface area contributed by atoms with Gasteiger partial charge in [-0.25, -0.2) is 13.4 Å². The molecule has 3 heterocycles. The quantitative estimate of drug-likeness (QED) is 0.458. The van der Waals surface area contributed by atoms with Crippen LogP contribution in [-0.4, -0.2) is 36.8 Å². The summed E-state index contributed by atoms with van der Waals surface area (Å²) in [4.78, 5) is 18.6. The van der Waals surface area contributed by atoms with Gasteiger partial charge in [-0.1, -0.05) is 23.8 Å². The number of esters is 1. The number of hydrogen-bond acceptors (Lipinski definition) is 7. The van der Waals surface area contributed by atoms with Gasteiger partial charge in [0.2, 0.25) is 10.0 Å². The average Bonchev–Trinajstić information content (AvgIpc) is 3.43. The highest BCUT2D eigenvalue weighted by Crippen LogP contribution is 2.30. The minimum absolute atomic E-state index is 0.140. The zero-order chi connectivity index (χ0) is 22.9. The van der Waals surface area contributed by atoms with Gasteiger partial charge in [0.15, 0.2) is 0 Å². The summed E-state index contributed by atoms with van der Waals surface area (Å²) in [5, 5.41) is 4.83. The van der Waals surface area contributed by atoms with E-state index >= 15 is 0 Å². The normalized spacial score (nSPS) is 15.7. The molecule has 3 aromatic rings. The largest absolute Gasteiger partial charge is 0.459 e. The molecule has 9 heteroatoms. The summed E-state index contributed by atoms with van der Waals surface area (Å²) in [6.45, 7) is 6.39. The fourth-order valence-electron chi connectivity index (χ4n) is 4.18. The summed E-state index contributed by atoms with van der Waals surface area (Å²) in [5.74, 6) is -0.576. The molecule has 0 aliphatic carbocycles. The van der Waals surface area contributed by atoms with Crippen LogP contribution in [0.25, 0.3) is 9.88 Å². The van der Waals surface area contributed by atoms with Gasteiger partial charge in [0, 0.05) is 18.5 Å². The van der Waals surface area contributed by atoms with Crippen LogP contribution in [0.1, 0.15) is 35.2 Å². The number of hydrogen-bond donors (Lipinski definition) is 0. The monoisotopic (exact) mass is 490 g/mol. The highest BCUT2D eigenvalue weighted by atomic mass is 32.2. The van der Waals surface area contributed by atoms with E-state index < -0.39 is 10.0 Å². The molecule has 0 bridgehead atoms. The number of carbonyl (C=O) groups is 1. The summed E-state index contributed by atoms with van der Waals surface area (Å²) >= 11 is 3.16. The van der Waals surface area contributed by atoms with Gasteiger partial charge in [-0.05, 0) is 56.2 Å². The third-order valence-corrected chi connectivity index (χ3v) is 9.77. The molecule has 6 nitrogen and oxygen atoms in total.